The molecule has 1 aromatic rings. The zero-order valence-electron chi connectivity index (χ0n) is 11.8. The molecule has 1 amide bonds. The minimum atomic E-state index is -0.217. The summed E-state index contributed by atoms with van der Waals surface area (Å²) in [5.41, 5.74) is 0.933. The Kier molecular flexibility index (Phi) is 5.70. The maximum atomic E-state index is 11.7. The highest BCUT2D eigenvalue weighted by Gasteiger charge is 2.18. The Morgan fingerprint density at radius 2 is 2.26 bits per heavy atom. The van der Waals surface area contributed by atoms with Crippen LogP contribution in [0.15, 0.2) is 30.6 Å². The number of rotatable bonds is 5. The van der Waals surface area contributed by atoms with Crippen LogP contribution in [0.2, 0.25) is 0 Å². The molecule has 4 heteroatoms. The van der Waals surface area contributed by atoms with Crippen LogP contribution in [0, 0.1) is 5.41 Å². The quantitative estimate of drug-likeness (QED) is 0.798. The molecule has 4 nitrogen and oxygen atoms in total. The number of aliphatic hydroxyl groups is 1. The molecule has 19 heavy (non-hydrogen) atoms. The minimum absolute atomic E-state index is 0.0518. The number of aliphatic hydroxyl groups excluding tert-OH is 1. The summed E-state index contributed by atoms with van der Waals surface area (Å²) in [6.07, 6.45) is 7.26. The molecular weight excluding hydrogens is 240 g/mol. The van der Waals surface area contributed by atoms with Crippen LogP contribution in [-0.2, 0) is 4.79 Å². The normalized spacial score (nSPS) is 13.5. The van der Waals surface area contributed by atoms with Crippen molar-refractivity contribution in [1.29, 1.82) is 0 Å². The summed E-state index contributed by atoms with van der Waals surface area (Å²) in [5.74, 6) is -0.202. The third-order valence-corrected chi connectivity index (χ3v) is 2.54. The Hall–Kier alpha value is -1.68. The zero-order valence-corrected chi connectivity index (χ0v) is 11.8. The predicted molar refractivity (Wildman–Crippen MR) is 76.4 cm³/mol. The summed E-state index contributed by atoms with van der Waals surface area (Å²) >= 11 is 0. The summed E-state index contributed by atoms with van der Waals surface area (Å²) in [6, 6.07) is 3.47. The highest BCUT2D eigenvalue weighted by Crippen LogP contribution is 2.20. The van der Waals surface area contributed by atoms with Crippen molar-refractivity contribution < 1.29 is 9.90 Å². The van der Waals surface area contributed by atoms with Crippen molar-refractivity contribution in [3.8, 4) is 0 Å². The van der Waals surface area contributed by atoms with Crippen molar-refractivity contribution in [3.63, 3.8) is 0 Å². The van der Waals surface area contributed by atoms with E-state index in [0.717, 1.165) is 12.0 Å². The van der Waals surface area contributed by atoms with Gasteiger partial charge in [-0.2, -0.15) is 0 Å². The molecular formula is C15H22N2O2. The largest absolute Gasteiger partial charge is 0.394 e. The molecule has 0 spiro atoms. The van der Waals surface area contributed by atoms with Crippen molar-refractivity contribution in [2.75, 3.05) is 6.61 Å². The molecule has 1 heterocycles. The Labute approximate surface area is 114 Å². The van der Waals surface area contributed by atoms with Crippen LogP contribution in [0.1, 0.15) is 32.8 Å². The predicted octanol–water partition coefficient (Wildman–Crippen LogP) is 2.01. The molecule has 0 aliphatic heterocycles. The highest BCUT2D eigenvalue weighted by molar-refractivity contribution is 5.91. The molecule has 104 valence electrons. The van der Waals surface area contributed by atoms with E-state index in [1.54, 1.807) is 18.5 Å². The van der Waals surface area contributed by atoms with Crippen molar-refractivity contribution in [2.24, 2.45) is 5.41 Å². The number of amides is 1. The van der Waals surface area contributed by atoms with E-state index < -0.39 is 0 Å². The van der Waals surface area contributed by atoms with Gasteiger partial charge in [0.05, 0.1) is 12.6 Å². The van der Waals surface area contributed by atoms with E-state index in [0.29, 0.717) is 0 Å². The number of aromatic nitrogens is 1. The molecule has 1 unspecified atom stereocenters. The van der Waals surface area contributed by atoms with Crippen LogP contribution in [-0.4, -0.2) is 28.6 Å². The number of hydrogen-bond donors (Lipinski definition) is 2. The second-order valence-electron chi connectivity index (χ2n) is 5.77. The second kappa shape index (κ2) is 7.04. The lowest BCUT2D eigenvalue weighted by atomic mass is 9.88. The SMILES string of the molecule is CC(C)(C)CC(CO)NC(=O)/C=C/c1cccnc1. The summed E-state index contributed by atoms with van der Waals surface area (Å²) in [5, 5.41) is 12.1. The van der Waals surface area contributed by atoms with Crippen LogP contribution >= 0.6 is 0 Å². The highest BCUT2D eigenvalue weighted by atomic mass is 16.3. The van der Waals surface area contributed by atoms with Crippen LogP contribution in [0.4, 0.5) is 0 Å². The molecule has 0 saturated heterocycles. The van der Waals surface area contributed by atoms with E-state index in [-0.39, 0.29) is 24.0 Å². The zero-order chi connectivity index (χ0) is 14.3. The lowest BCUT2D eigenvalue weighted by Crippen LogP contribution is -2.39. The van der Waals surface area contributed by atoms with Gasteiger partial charge in [-0.1, -0.05) is 26.8 Å². The third-order valence-electron chi connectivity index (χ3n) is 2.54. The van der Waals surface area contributed by atoms with E-state index in [4.69, 9.17) is 0 Å². The van der Waals surface area contributed by atoms with E-state index >= 15 is 0 Å². The van der Waals surface area contributed by atoms with Crippen LogP contribution in [0.25, 0.3) is 6.08 Å². The first-order chi connectivity index (χ1) is 8.90. The fourth-order valence-electron chi connectivity index (χ4n) is 1.80. The van der Waals surface area contributed by atoms with Gasteiger partial charge in [0.2, 0.25) is 5.91 Å². The molecule has 0 fully saturated rings. The number of hydrogen-bond acceptors (Lipinski definition) is 3. The lowest BCUT2D eigenvalue weighted by Gasteiger charge is -2.24. The Bertz CT molecular complexity index is 422. The van der Waals surface area contributed by atoms with Gasteiger partial charge in [-0.15, -0.1) is 0 Å². The molecule has 0 aromatic carbocycles. The first-order valence-electron chi connectivity index (χ1n) is 6.40. The van der Waals surface area contributed by atoms with Gasteiger partial charge >= 0.3 is 0 Å². The molecule has 2 N–H and O–H groups in total. The average molecular weight is 262 g/mol. The number of nitrogens with one attached hydrogen (secondary N) is 1. The van der Waals surface area contributed by atoms with Gasteiger partial charge in [-0.3, -0.25) is 9.78 Å². The Balaban J connectivity index is 2.52. The maximum Gasteiger partial charge on any atom is 0.244 e. The molecule has 0 aliphatic rings. The van der Waals surface area contributed by atoms with E-state index in [1.165, 1.54) is 6.08 Å². The topological polar surface area (TPSA) is 62.2 Å². The molecule has 1 rings (SSSR count). The molecule has 0 radical (unpaired) electrons. The summed E-state index contributed by atoms with van der Waals surface area (Å²) < 4.78 is 0. The van der Waals surface area contributed by atoms with E-state index in [9.17, 15) is 9.90 Å². The molecule has 0 saturated carbocycles. The van der Waals surface area contributed by atoms with Gasteiger partial charge < -0.3 is 10.4 Å². The monoisotopic (exact) mass is 262 g/mol. The van der Waals surface area contributed by atoms with Gasteiger partial charge in [0.25, 0.3) is 0 Å². The van der Waals surface area contributed by atoms with Gasteiger partial charge in [-0.05, 0) is 29.5 Å². The van der Waals surface area contributed by atoms with Gasteiger partial charge in [0, 0.05) is 18.5 Å². The van der Waals surface area contributed by atoms with Crippen LogP contribution < -0.4 is 5.32 Å². The van der Waals surface area contributed by atoms with Crippen LogP contribution in [0.3, 0.4) is 0 Å². The fourth-order valence-corrected chi connectivity index (χ4v) is 1.80. The number of pyridine rings is 1. The van der Waals surface area contributed by atoms with Crippen molar-refractivity contribution in [3.05, 3.63) is 36.2 Å². The number of carbonyl (C=O) groups is 1. The molecule has 0 bridgehead atoms. The smallest absolute Gasteiger partial charge is 0.244 e. The van der Waals surface area contributed by atoms with Gasteiger partial charge in [0.15, 0.2) is 0 Å². The Morgan fingerprint density at radius 1 is 1.53 bits per heavy atom. The fraction of sp³-hybridized carbons (Fsp3) is 0.467. The van der Waals surface area contributed by atoms with Crippen LogP contribution in [0.5, 0.6) is 0 Å². The average Bonchev–Trinajstić information content (AvgIpc) is 2.35. The van der Waals surface area contributed by atoms with Gasteiger partial charge in [-0.25, -0.2) is 0 Å². The molecule has 0 aliphatic carbocycles. The number of carbonyl (C=O) groups excluding carboxylic acids is 1. The van der Waals surface area contributed by atoms with Crippen molar-refractivity contribution in [2.45, 2.75) is 33.2 Å². The summed E-state index contributed by atoms with van der Waals surface area (Å²) in [7, 11) is 0. The van der Waals surface area contributed by atoms with E-state index in [1.807, 2.05) is 12.1 Å². The number of nitrogens with zero attached hydrogens (tertiary/aromatic N) is 1. The minimum Gasteiger partial charge on any atom is -0.394 e. The summed E-state index contributed by atoms with van der Waals surface area (Å²) in [4.78, 5) is 15.7. The van der Waals surface area contributed by atoms with Gasteiger partial charge in [0.1, 0.15) is 0 Å². The lowest BCUT2D eigenvalue weighted by molar-refractivity contribution is -0.117. The molecule has 1 atom stereocenters. The Morgan fingerprint density at radius 3 is 2.79 bits per heavy atom. The van der Waals surface area contributed by atoms with Crippen molar-refractivity contribution in [1.82, 2.24) is 10.3 Å². The first-order valence-corrected chi connectivity index (χ1v) is 6.40. The van der Waals surface area contributed by atoms with Crippen molar-refractivity contribution >= 4 is 12.0 Å². The maximum absolute atomic E-state index is 11.7. The summed E-state index contributed by atoms with van der Waals surface area (Å²) in [6.45, 7) is 6.18. The standard InChI is InChI=1S/C15H22N2O2/c1-15(2,3)9-13(11-18)17-14(19)7-6-12-5-4-8-16-10-12/h4-8,10,13,18H,9,11H2,1-3H3,(H,17,19)/b7-6+. The third kappa shape index (κ3) is 6.72. The second-order valence-corrected chi connectivity index (χ2v) is 5.77. The van der Waals surface area contributed by atoms with E-state index in [2.05, 4.69) is 31.1 Å². The molecule has 1 aromatic heterocycles. The first kappa shape index (κ1) is 15.4.